The van der Waals surface area contributed by atoms with Crippen LogP contribution in [0, 0.1) is 0 Å². The average Bonchev–Trinajstić information content (AvgIpc) is 2.66. The quantitative estimate of drug-likeness (QED) is 0.663. The van der Waals surface area contributed by atoms with Crippen LogP contribution in [0.5, 0.6) is 0 Å². The molecule has 5 nitrogen and oxygen atoms in total. The van der Waals surface area contributed by atoms with E-state index in [0.717, 1.165) is 0 Å². The summed E-state index contributed by atoms with van der Waals surface area (Å²) in [6.45, 7) is 0.281. The molecule has 3 rings (SSSR count). The Kier molecular flexibility index (Phi) is 2.60. The predicted octanol–water partition coefficient (Wildman–Crippen LogP) is 2.09. The van der Waals surface area contributed by atoms with Crippen LogP contribution >= 0.6 is 11.6 Å². The van der Waals surface area contributed by atoms with Crippen LogP contribution in [0.2, 0.25) is 5.15 Å². The van der Waals surface area contributed by atoms with Crippen molar-refractivity contribution in [1.29, 1.82) is 0 Å². The van der Waals surface area contributed by atoms with Crippen molar-refractivity contribution in [2.24, 2.45) is 0 Å². The predicted molar refractivity (Wildman–Crippen MR) is 66.6 cm³/mol. The Hall–Kier alpha value is -2.14. The van der Waals surface area contributed by atoms with Gasteiger partial charge in [0, 0.05) is 6.20 Å². The molecule has 3 heterocycles. The van der Waals surface area contributed by atoms with Crippen molar-refractivity contribution in [3.8, 4) is 0 Å². The topological polar surface area (TPSA) is 60.9 Å². The van der Waals surface area contributed by atoms with Gasteiger partial charge < -0.3 is 4.42 Å². The molecule has 0 bridgehead atoms. The molecule has 90 valence electrons. The highest BCUT2D eigenvalue weighted by molar-refractivity contribution is 6.29. The molecular weight excluding hydrogens is 254 g/mol. The molecule has 0 unspecified atom stereocenters. The van der Waals surface area contributed by atoms with Crippen molar-refractivity contribution in [2.75, 3.05) is 0 Å². The summed E-state index contributed by atoms with van der Waals surface area (Å²) in [7, 11) is 0. The molecule has 6 heteroatoms. The second kappa shape index (κ2) is 4.27. The molecule has 0 aliphatic rings. The van der Waals surface area contributed by atoms with Gasteiger partial charge >= 0.3 is 5.76 Å². The second-order valence-corrected chi connectivity index (χ2v) is 4.12. The van der Waals surface area contributed by atoms with Crippen LogP contribution in [0.25, 0.3) is 11.2 Å². The lowest BCUT2D eigenvalue weighted by Crippen LogP contribution is -2.16. The third-order valence-electron chi connectivity index (χ3n) is 2.52. The lowest BCUT2D eigenvalue weighted by Gasteiger charge is -2.01. The second-order valence-electron chi connectivity index (χ2n) is 3.73. The maximum Gasteiger partial charge on any atom is 0.421 e. The third kappa shape index (κ3) is 1.89. The fourth-order valence-corrected chi connectivity index (χ4v) is 1.92. The van der Waals surface area contributed by atoms with E-state index in [0.29, 0.717) is 22.1 Å². The summed E-state index contributed by atoms with van der Waals surface area (Å²) in [5.74, 6) is -0.453. The van der Waals surface area contributed by atoms with Crippen molar-refractivity contribution in [2.45, 2.75) is 6.54 Å². The van der Waals surface area contributed by atoms with Crippen LogP contribution in [-0.2, 0) is 6.54 Å². The minimum absolute atomic E-state index is 0.281. The van der Waals surface area contributed by atoms with Gasteiger partial charge in [-0.2, -0.15) is 0 Å². The van der Waals surface area contributed by atoms with Crippen LogP contribution in [0.3, 0.4) is 0 Å². The number of nitrogens with zero attached hydrogens (tertiary/aromatic N) is 3. The van der Waals surface area contributed by atoms with E-state index in [4.69, 9.17) is 16.0 Å². The van der Waals surface area contributed by atoms with Crippen molar-refractivity contribution in [1.82, 2.24) is 14.5 Å². The molecule has 0 aliphatic carbocycles. The molecule has 0 atom stereocenters. The van der Waals surface area contributed by atoms with Gasteiger partial charge in [-0.3, -0.25) is 4.57 Å². The maximum atomic E-state index is 11.7. The fraction of sp³-hybridized carbons (Fsp3) is 0.0833. The van der Waals surface area contributed by atoms with Crippen molar-refractivity contribution < 1.29 is 4.42 Å². The van der Waals surface area contributed by atoms with Gasteiger partial charge in [0.25, 0.3) is 0 Å². The first-order valence-corrected chi connectivity index (χ1v) is 5.67. The lowest BCUT2D eigenvalue weighted by molar-refractivity contribution is 0.516. The monoisotopic (exact) mass is 261 g/mol. The highest BCUT2D eigenvalue weighted by Crippen LogP contribution is 2.11. The first kappa shape index (κ1) is 11.0. The van der Waals surface area contributed by atoms with Gasteiger partial charge in [0.1, 0.15) is 5.15 Å². The van der Waals surface area contributed by atoms with Gasteiger partial charge in [0.2, 0.25) is 0 Å². The number of rotatable bonds is 2. The van der Waals surface area contributed by atoms with E-state index in [1.165, 1.54) is 4.57 Å². The van der Waals surface area contributed by atoms with Crippen molar-refractivity contribution in [3.05, 3.63) is 57.9 Å². The average molecular weight is 262 g/mol. The summed E-state index contributed by atoms with van der Waals surface area (Å²) < 4.78 is 6.51. The zero-order chi connectivity index (χ0) is 12.5. The first-order chi connectivity index (χ1) is 8.74. The number of fused-ring (bicyclic) bond motifs is 1. The molecule has 0 aliphatic heterocycles. The number of halogens is 1. The van der Waals surface area contributed by atoms with E-state index in [1.54, 1.807) is 36.5 Å². The summed E-state index contributed by atoms with van der Waals surface area (Å²) in [6, 6.07) is 8.67. The van der Waals surface area contributed by atoms with Gasteiger partial charge in [0.05, 0.1) is 12.2 Å². The van der Waals surface area contributed by atoms with Crippen molar-refractivity contribution in [3.63, 3.8) is 0 Å². The molecule has 0 aromatic carbocycles. The van der Waals surface area contributed by atoms with Gasteiger partial charge in [-0.15, -0.1) is 0 Å². The number of hydrogen-bond acceptors (Lipinski definition) is 4. The molecule has 3 aromatic heterocycles. The van der Waals surface area contributed by atoms with Gasteiger partial charge in [-0.1, -0.05) is 17.7 Å². The van der Waals surface area contributed by atoms with Gasteiger partial charge in [-0.25, -0.2) is 14.8 Å². The Labute approximate surface area is 107 Å². The van der Waals surface area contributed by atoms with Crippen LogP contribution in [-0.4, -0.2) is 14.5 Å². The largest absolute Gasteiger partial charge is 0.421 e. The van der Waals surface area contributed by atoms with E-state index < -0.39 is 5.76 Å². The Balaban J connectivity index is 2.10. The molecule has 0 radical (unpaired) electrons. The number of oxazole rings is 1. The molecular formula is C12H8ClN3O2. The highest BCUT2D eigenvalue weighted by atomic mass is 35.5. The van der Waals surface area contributed by atoms with E-state index in [9.17, 15) is 4.79 Å². The molecule has 0 amide bonds. The number of pyridine rings is 2. The Morgan fingerprint density at radius 3 is 3.00 bits per heavy atom. The van der Waals surface area contributed by atoms with E-state index >= 15 is 0 Å². The maximum absolute atomic E-state index is 11.7. The van der Waals surface area contributed by atoms with Crippen LogP contribution in [0.4, 0.5) is 0 Å². The van der Waals surface area contributed by atoms with E-state index in [1.807, 2.05) is 0 Å². The minimum Gasteiger partial charge on any atom is -0.406 e. The van der Waals surface area contributed by atoms with E-state index in [2.05, 4.69) is 9.97 Å². The van der Waals surface area contributed by atoms with E-state index in [-0.39, 0.29) is 6.54 Å². The molecule has 3 aromatic rings. The fourth-order valence-electron chi connectivity index (χ4n) is 1.74. The molecule has 0 saturated carbocycles. The van der Waals surface area contributed by atoms with Gasteiger partial charge in [0.15, 0.2) is 11.2 Å². The zero-order valence-corrected chi connectivity index (χ0v) is 9.96. The zero-order valence-electron chi connectivity index (χ0n) is 9.21. The number of aromatic nitrogens is 3. The molecule has 18 heavy (non-hydrogen) atoms. The lowest BCUT2D eigenvalue weighted by atomic mass is 10.3. The smallest absolute Gasteiger partial charge is 0.406 e. The summed E-state index contributed by atoms with van der Waals surface area (Å²) in [6.07, 6.45) is 1.61. The Morgan fingerprint density at radius 1 is 1.28 bits per heavy atom. The van der Waals surface area contributed by atoms with Crippen LogP contribution in [0.15, 0.2) is 45.7 Å². The van der Waals surface area contributed by atoms with Crippen LogP contribution in [0.1, 0.15) is 5.69 Å². The molecule has 0 fully saturated rings. The minimum atomic E-state index is -0.453. The first-order valence-electron chi connectivity index (χ1n) is 5.30. The summed E-state index contributed by atoms with van der Waals surface area (Å²) in [5, 5.41) is 0.390. The number of hydrogen-bond donors (Lipinski definition) is 0. The highest BCUT2D eigenvalue weighted by Gasteiger charge is 2.10. The van der Waals surface area contributed by atoms with Crippen molar-refractivity contribution >= 4 is 22.8 Å². The standard InChI is InChI=1S/C12H8ClN3O2/c13-10-5-1-3-8(15-10)7-16-11-9(18-12(16)17)4-2-6-14-11/h1-6H,7H2. The molecule has 0 spiro atoms. The molecule has 0 saturated heterocycles. The normalized spacial score (nSPS) is 10.9. The summed E-state index contributed by atoms with van der Waals surface area (Å²) >= 11 is 5.81. The summed E-state index contributed by atoms with van der Waals surface area (Å²) in [5.41, 5.74) is 1.65. The molecule has 0 N–H and O–H groups in total. The SMILES string of the molecule is O=c1oc2cccnc2n1Cc1cccc(Cl)n1. The third-order valence-corrected chi connectivity index (χ3v) is 2.73. The summed E-state index contributed by atoms with van der Waals surface area (Å²) in [4.78, 5) is 20.0. The van der Waals surface area contributed by atoms with Gasteiger partial charge in [-0.05, 0) is 24.3 Å². The Morgan fingerprint density at radius 2 is 2.17 bits per heavy atom. The van der Waals surface area contributed by atoms with Crippen LogP contribution < -0.4 is 5.76 Å². The Bertz CT molecular complexity index is 763.